The Labute approximate surface area is 116 Å². The third-order valence-corrected chi connectivity index (χ3v) is 3.78. The second-order valence-electron chi connectivity index (χ2n) is 5.58. The molecule has 3 heteroatoms. The quantitative estimate of drug-likeness (QED) is 0.843. The van der Waals surface area contributed by atoms with Crippen molar-refractivity contribution in [3.63, 3.8) is 0 Å². The lowest BCUT2D eigenvalue weighted by molar-refractivity contribution is 0.0828. The molecule has 0 radical (unpaired) electrons. The maximum Gasteiger partial charge on any atom is 0.255 e. The summed E-state index contributed by atoms with van der Waals surface area (Å²) in [6.07, 6.45) is 7.70. The van der Waals surface area contributed by atoms with Gasteiger partial charge in [-0.1, -0.05) is 37.8 Å². The summed E-state index contributed by atoms with van der Waals surface area (Å²) >= 11 is 0. The number of nitrogens with one attached hydrogen (secondary N) is 1. The lowest BCUT2D eigenvalue weighted by Crippen LogP contribution is -2.25. The van der Waals surface area contributed by atoms with Gasteiger partial charge in [-0.15, -0.1) is 0 Å². The fourth-order valence-corrected chi connectivity index (χ4v) is 2.68. The van der Waals surface area contributed by atoms with Crippen molar-refractivity contribution in [2.45, 2.75) is 44.6 Å². The van der Waals surface area contributed by atoms with E-state index in [-0.39, 0.29) is 5.91 Å². The van der Waals surface area contributed by atoms with Gasteiger partial charge in [-0.05, 0) is 25.0 Å². The maximum absolute atomic E-state index is 12.2. The van der Waals surface area contributed by atoms with Crippen molar-refractivity contribution in [3.8, 4) is 0 Å². The van der Waals surface area contributed by atoms with E-state index in [1.165, 1.54) is 38.5 Å². The Bertz CT molecular complexity index is 421. The van der Waals surface area contributed by atoms with Gasteiger partial charge in [-0.25, -0.2) is 0 Å². The van der Waals surface area contributed by atoms with Gasteiger partial charge in [0.25, 0.3) is 5.91 Å². The lowest BCUT2D eigenvalue weighted by atomic mass is 10.1. The van der Waals surface area contributed by atoms with Gasteiger partial charge in [0.1, 0.15) is 0 Å². The Morgan fingerprint density at radius 2 is 1.74 bits per heavy atom. The predicted octanol–water partition coefficient (Wildman–Crippen LogP) is 3.52. The van der Waals surface area contributed by atoms with E-state index in [0.29, 0.717) is 6.04 Å². The molecule has 0 heterocycles. The fourth-order valence-electron chi connectivity index (χ4n) is 2.68. The third-order valence-electron chi connectivity index (χ3n) is 3.78. The first-order valence-corrected chi connectivity index (χ1v) is 7.25. The SMILES string of the molecule is CN(C)C(=O)c1ccccc1NC1CCCCCC1. The van der Waals surface area contributed by atoms with Crippen LogP contribution in [0.2, 0.25) is 0 Å². The smallest absolute Gasteiger partial charge is 0.255 e. The highest BCUT2D eigenvalue weighted by atomic mass is 16.2. The summed E-state index contributed by atoms with van der Waals surface area (Å²) in [5.74, 6) is 0.0664. The topological polar surface area (TPSA) is 32.3 Å². The highest BCUT2D eigenvalue weighted by Gasteiger charge is 2.16. The Hall–Kier alpha value is -1.51. The molecule has 1 saturated carbocycles. The molecular weight excluding hydrogens is 236 g/mol. The number of benzene rings is 1. The van der Waals surface area contributed by atoms with Gasteiger partial charge in [0.15, 0.2) is 0 Å². The number of carbonyl (C=O) groups is 1. The summed E-state index contributed by atoms with van der Waals surface area (Å²) < 4.78 is 0. The minimum absolute atomic E-state index is 0.0664. The van der Waals surface area contributed by atoms with E-state index in [1.54, 1.807) is 19.0 Å². The van der Waals surface area contributed by atoms with Crippen molar-refractivity contribution in [2.75, 3.05) is 19.4 Å². The van der Waals surface area contributed by atoms with Crippen molar-refractivity contribution < 1.29 is 4.79 Å². The molecule has 104 valence electrons. The fraction of sp³-hybridized carbons (Fsp3) is 0.562. The van der Waals surface area contributed by atoms with E-state index in [2.05, 4.69) is 5.32 Å². The predicted molar refractivity (Wildman–Crippen MR) is 79.6 cm³/mol. The Balaban J connectivity index is 2.12. The van der Waals surface area contributed by atoms with Crippen molar-refractivity contribution in [1.29, 1.82) is 0 Å². The van der Waals surface area contributed by atoms with E-state index in [0.717, 1.165) is 11.3 Å². The minimum atomic E-state index is 0.0664. The standard InChI is InChI=1S/C16H24N2O/c1-18(2)16(19)14-11-7-8-12-15(14)17-13-9-5-3-4-6-10-13/h7-8,11-13,17H,3-6,9-10H2,1-2H3. The van der Waals surface area contributed by atoms with Crippen LogP contribution in [0.4, 0.5) is 5.69 Å². The molecule has 1 aliphatic rings. The molecule has 3 nitrogen and oxygen atoms in total. The van der Waals surface area contributed by atoms with Crippen molar-refractivity contribution in [2.24, 2.45) is 0 Å². The molecule has 0 spiro atoms. The molecule has 0 atom stereocenters. The van der Waals surface area contributed by atoms with Crippen molar-refractivity contribution in [3.05, 3.63) is 29.8 Å². The van der Waals surface area contributed by atoms with E-state index < -0.39 is 0 Å². The van der Waals surface area contributed by atoms with Crippen LogP contribution in [0.25, 0.3) is 0 Å². The van der Waals surface area contributed by atoms with Crippen LogP contribution < -0.4 is 5.32 Å². The average Bonchev–Trinajstić information content (AvgIpc) is 2.67. The van der Waals surface area contributed by atoms with E-state index in [1.807, 2.05) is 24.3 Å². The number of amides is 1. The first-order chi connectivity index (χ1) is 9.18. The van der Waals surface area contributed by atoms with Gasteiger partial charge >= 0.3 is 0 Å². The number of rotatable bonds is 3. The lowest BCUT2D eigenvalue weighted by Gasteiger charge is -2.21. The zero-order valence-electron chi connectivity index (χ0n) is 12.0. The average molecular weight is 260 g/mol. The number of para-hydroxylation sites is 1. The number of carbonyl (C=O) groups excluding carboxylic acids is 1. The van der Waals surface area contributed by atoms with Crippen LogP contribution in [0.15, 0.2) is 24.3 Å². The van der Waals surface area contributed by atoms with Crippen molar-refractivity contribution >= 4 is 11.6 Å². The Kier molecular flexibility index (Phi) is 4.83. The molecule has 1 N–H and O–H groups in total. The summed E-state index contributed by atoms with van der Waals surface area (Å²) in [7, 11) is 3.59. The highest BCUT2D eigenvalue weighted by Crippen LogP contribution is 2.23. The summed E-state index contributed by atoms with van der Waals surface area (Å²) in [6.45, 7) is 0. The van der Waals surface area contributed by atoms with Gasteiger partial charge < -0.3 is 10.2 Å². The molecule has 2 rings (SSSR count). The van der Waals surface area contributed by atoms with Gasteiger partial charge in [-0.2, -0.15) is 0 Å². The van der Waals surface area contributed by atoms with Crippen molar-refractivity contribution in [1.82, 2.24) is 4.90 Å². The summed E-state index contributed by atoms with van der Waals surface area (Å²) in [4.78, 5) is 13.8. The molecule has 1 aliphatic carbocycles. The van der Waals surface area contributed by atoms with E-state index in [4.69, 9.17) is 0 Å². The first-order valence-electron chi connectivity index (χ1n) is 7.25. The molecule has 1 fully saturated rings. The van der Waals surface area contributed by atoms with Gasteiger partial charge in [0, 0.05) is 25.8 Å². The van der Waals surface area contributed by atoms with Gasteiger partial charge in [0.05, 0.1) is 5.56 Å². The van der Waals surface area contributed by atoms with Crippen LogP contribution in [0.1, 0.15) is 48.9 Å². The monoisotopic (exact) mass is 260 g/mol. The van der Waals surface area contributed by atoms with Crippen LogP contribution in [-0.4, -0.2) is 30.9 Å². The summed E-state index contributed by atoms with van der Waals surface area (Å²) in [5.41, 5.74) is 1.75. The van der Waals surface area contributed by atoms with Gasteiger partial charge in [-0.3, -0.25) is 4.79 Å². The zero-order valence-corrected chi connectivity index (χ0v) is 12.0. The second kappa shape index (κ2) is 6.60. The van der Waals surface area contributed by atoms with E-state index >= 15 is 0 Å². The van der Waals surface area contributed by atoms with Crippen LogP contribution in [0.5, 0.6) is 0 Å². The molecule has 0 aliphatic heterocycles. The first kappa shape index (κ1) is 13.9. The van der Waals surface area contributed by atoms with E-state index in [9.17, 15) is 4.79 Å². The number of anilines is 1. The normalized spacial score (nSPS) is 16.7. The molecule has 0 aromatic heterocycles. The van der Waals surface area contributed by atoms with Crippen LogP contribution in [0.3, 0.4) is 0 Å². The second-order valence-corrected chi connectivity index (χ2v) is 5.58. The molecule has 0 saturated heterocycles. The molecule has 0 bridgehead atoms. The van der Waals surface area contributed by atoms with Gasteiger partial charge in [0.2, 0.25) is 0 Å². The molecule has 19 heavy (non-hydrogen) atoms. The number of hydrogen-bond donors (Lipinski definition) is 1. The largest absolute Gasteiger partial charge is 0.382 e. The Morgan fingerprint density at radius 3 is 2.37 bits per heavy atom. The Morgan fingerprint density at radius 1 is 1.11 bits per heavy atom. The van der Waals surface area contributed by atoms with Crippen LogP contribution >= 0.6 is 0 Å². The minimum Gasteiger partial charge on any atom is -0.382 e. The molecular formula is C16H24N2O. The molecule has 1 aromatic rings. The molecule has 0 unspecified atom stereocenters. The van der Waals surface area contributed by atoms with Crippen LogP contribution in [-0.2, 0) is 0 Å². The molecule has 1 amide bonds. The molecule has 1 aromatic carbocycles. The summed E-state index contributed by atoms with van der Waals surface area (Å²) in [5, 5.41) is 3.58. The highest BCUT2D eigenvalue weighted by molar-refractivity contribution is 5.99. The third kappa shape index (κ3) is 3.72. The zero-order chi connectivity index (χ0) is 13.7. The number of nitrogens with zero attached hydrogens (tertiary/aromatic N) is 1. The maximum atomic E-state index is 12.2. The number of hydrogen-bond acceptors (Lipinski definition) is 2. The summed E-state index contributed by atoms with van der Waals surface area (Å²) in [6, 6.07) is 8.35. The van der Waals surface area contributed by atoms with Crippen LogP contribution in [0, 0.1) is 0 Å².